The summed E-state index contributed by atoms with van der Waals surface area (Å²) in [5, 5.41) is 3.08. The molecule has 1 unspecified atom stereocenters. The molecule has 2 nitrogen and oxygen atoms in total. The average Bonchev–Trinajstić information content (AvgIpc) is 2.19. The van der Waals surface area contributed by atoms with E-state index >= 15 is 0 Å². The highest BCUT2D eigenvalue weighted by Gasteiger charge is 2.17. The van der Waals surface area contributed by atoms with Gasteiger partial charge in [-0.25, -0.2) is 8.78 Å². The van der Waals surface area contributed by atoms with Crippen LogP contribution in [0.25, 0.3) is 0 Å². The molecule has 3 N–H and O–H groups in total. The maximum Gasteiger partial charge on any atom is 0.163 e. The lowest BCUT2D eigenvalue weighted by molar-refractivity contribution is 0.441. The van der Waals surface area contributed by atoms with Crippen LogP contribution < -0.4 is 11.1 Å². The van der Waals surface area contributed by atoms with E-state index in [0.29, 0.717) is 0 Å². The Morgan fingerprint density at radius 1 is 1.33 bits per heavy atom. The largest absolute Gasteiger partial charge is 0.329 e. The molecule has 0 aromatic heterocycles. The minimum atomic E-state index is -0.837. The van der Waals surface area contributed by atoms with Gasteiger partial charge >= 0.3 is 0 Å². The van der Waals surface area contributed by atoms with Crippen LogP contribution in [0.4, 0.5) is 8.78 Å². The summed E-state index contributed by atoms with van der Waals surface area (Å²) < 4.78 is 26.4. The zero-order chi connectivity index (χ0) is 11.4. The molecule has 0 aliphatic carbocycles. The maximum absolute atomic E-state index is 13.4. The fourth-order valence-electron chi connectivity index (χ4n) is 1.48. The summed E-state index contributed by atoms with van der Waals surface area (Å²) in [6, 6.07) is 3.95. The molecular formula is C11H16F2N2. The molecule has 0 saturated carbocycles. The maximum atomic E-state index is 13.4. The Hall–Kier alpha value is -1.00. The topological polar surface area (TPSA) is 38.0 Å². The molecule has 0 fully saturated rings. The molecular weight excluding hydrogens is 198 g/mol. The Morgan fingerprint density at radius 3 is 2.53 bits per heavy atom. The molecule has 0 aliphatic rings. The number of nitrogens with two attached hydrogens (primary N) is 1. The predicted octanol–water partition coefficient (Wildman–Crippen LogP) is 1.96. The molecule has 1 aromatic carbocycles. The van der Waals surface area contributed by atoms with Crippen molar-refractivity contribution in [1.82, 2.24) is 5.32 Å². The second-order valence-corrected chi connectivity index (χ2v) is 3.75. The first-order chi connectivity index (χ1) is 7.06. The second-order valence-electron chi connectivity index (χ2n) is 3.75. The van der Waals surface area contributed by atoms with Gasteiger partial charge in [-0.2, -0.15) is 0 Å². The van der Waals surface area contributed by atoms with Crippen LogP contribution in [0.1, 0.15) is 25.5 Å². The van der Waals surface area contributed by atoms with Crippen molar-refractivity contribution in [2.75, 3.05) is 6.54 Å². The lowest BCUT2D eigenvalue weighted by atomic mass is 10.1. The van der Waals surface area contributed by atoms with Crippen molar-refractivity contribution >= 4 is 0 Å². The summed E-state index contributed by atoms with van der Waals surface area (Å²) >= 11 is 0. The van der Waals surface area contributed by atoms with Crippen LogP contribution in [0.3, 0.4) is 0 Å². The van der Waals surface area contributed by atoms with Crippen molar-refractivity contribution < 1.29 is 8.78 Å². The van der Waals surface area contributed by atoms with E-state index in [1.165, 1.54) is 6.07 Å². The van der Waals surface area contributed by atoms with Crippen LogP contribution in [-0.2, 0) is 0 Å². The van der Waals surface area contributed by atoms with E-state index in [1.807, 2.05) is 13.8 Å². The fraction of sp³-hybridized carbons (Fsp3) is 0.455. The molecule has 0 heterocycles. The highest BCUT2D eigenvalue weighted by molar-refractivity contribution is 5.23. The van der Waals surface area contributed by atoms with E-state index in [0.717, 1.165) is 6.07 Å². The van der Waals surface area contributed by atoms with Crippen molar-refractivity contribution in [3.8, 4) is 0 Å². The van der Waals surface area contributed by atoms with Gasteiger partial charge in [0.2, 0.25) is 0 Å². The molecule has 0 bridgehead atoms. The van der Waals surface area contributed by atoms with Gasteiger partial charge in [-0.05, 0) is 6.07 Å². The number of benzene rings is 1. The van der Waals surface area contributed by atoms with Gasteiger partial charge < -0.3 is 11.1 Å². The van der Waals surface area contributed by atoms with E-state index in [9.17, 15) is 8.78 Å². The molecule has 1 rings (SSSR count). The first kappa shape index (κ1) is 12.1. The molecule has 4 heteroatoms. The van der Waals surface area contributed by atoms with Crippen LogP contribution >= 0.6 is 0 Å². The third kappa shape index (κ3) is 2.97. The molecule has 0 amide bonds. The van der Waals surface area contributed by atoms with Crippen molar-refractivity contribution in [3.63, 3.8) is 0 Å². The zero-order valence-electron chi connectivity index (χ0n) is 8.93. The Kier molecular flexibility index (Phi) is 4.17. The van der Waals surface area contributed by atoms with E-state index < -0.39 is 11.6 Å². The summed E-state index contributed by atoms with van der Waals surface area (Å²) in [5.74, 6) is -1.65. The molecule has 0 aliphatic heterocycles. The van der Waals surface area contributed by atoms with Crippen molar-refractivity contribution in [2.24, 2.45) is 5.73 Å². The zero-order valence-corrected chi connectivity index (χ0v) is 8.93. The van der Waals surface area contributed by atoms with Gasteiger partial charge in [0.25, 0.3) is 0 Å². The van der Waals surface area contributed by atoms with E-state index in [4.69, 9.17) is 5.73 Å². The smallest absolute Gasteiger partial charge is 0.163 e. The van der Waals surface area contributed by atoms with Crippen molar-refractivity contribution in [2.45, 2.75) is 25.9 Å². The van der Waals surface area contributed by atoms with Gasteiger partial charge in [0.1, 0.15) is 0 Å². The first-order valence-electron chi connectivity index (χ1n) is 4.96. The summed E-state index contributed by atoms with van der Waals surface area (Å²) in [6.07, 6.45) is 0. The standard InChI is InChI=1S/C11H16F2N2/c1-7(2)15-10(6-14)8-4-3-5-9(12)11(8)13/h3-5,7,10,15H,6,14H2,1-2H3. The minimum Gasteiger partial charge on any atom is -0.329 e. The van der Waals surface area contributed by atoms with Gasteiger partial charge in [0.15, 0.2) is 11.6 Å². The van der Waals surface area contributed by atoms with Gasteiger partial charge in [-0.1, -0.05) is 26.0 Å². The highest BCUT2D eigenvalue weighted by atomic mass is 19.2. The quantitative estimate of drug-likeness (QED) is 0.804. The molecule has 84 valence electrons. The summed E-state index contributed by atoms with van der Waals surface area (Å²) in [7, 11) is 0. The van der Waals surface area contributed by atoms with Crippen LogP contribution in [-0.4, -0.2) is 12.6 Å². The minimum absolute atomic E-state index is 0.168. The lowest BCUT2D eigenvalue weighted by Gasteiger charge is -2.20. The normalized spacial score (nSPS) is 13.2. The third-order valence-electron chi connectivity index (χ3n) is 2.13. The number of nitrogens with one attached hydrogen (secondary N) is 1. The molecule has 0 saturated heterocycles. The SMILES string of the molecule is CC(C)NC(CN)c1cccc(F)c1F. The van der Waals surface area contributed by atoms with Crippen LogP contribution in [0.5, 0.6) is 0 Å². The molecule has 0 radical (unpaired) electrons. The van der Waals surface area contributed by atoms with Gasteiger partial charge in [-0.3, -0.25) is 0 Å². The van der Waals surface area contributed by atoms with E-state index in [-0.39, 0.29) is 24.2 Å². The van der Waals surface area contributed by atoms with E-state index in [1.54, 1.807) is 6.07 Å². The highest BCUT2D eigenvalue weighted by Crippen LogP contribution is 2.18. The predicted molar refractivity (Wildman–Crippen MR) is 56.4 cm³/mol. The molecule has 15 heavy (non-hydrogen) atoms. The molecule has 0 spiro atoms. The number of hydrogen-bond acceptors (Lipinski definition) is 2. The average molecular weight is 214 g/mol. The summed E-state index contributed by atoms with van der Waals surface area (Å²) in [6.45, 7) is 4.10. The first-order valence-corrected chi connectivity index (χ1v) is 4.96. The second kappa shape index (κ2) is 5.19. The number of rotatable bonds is 4. The Morgan fingerprint density at radius 2 is 2.00 bits per heavy atom. The summed E-state index contributed by atoms with van der Waals surface area (Å²) in [4.78, 5) is 0. The fourth-order valence-corrected chi connectivity index (χ4v) is 1.48. The van der Waals surface area contributed by atoms with Gasteiger partial charge in [0.05, 0.1) is 0 Å². The Labute approximate surface area is 88.5 Å². The van der Waals surface area contributed by atoms with Gasteiger partial charge in [-0.15, -0.1) is 0 Å². The van der Waals surface area contributed by atoms with Crippen molar-refractivity contribution in [1.29, 1.82) is 0 Å². The number of hydrogen-bond donors (Lipinski definition) is 2. The van der Waals surface area contributed by atoms with E-state index in [2.05, 4.69) is 5.32 Å². The Bertz CT molecular complexity index is 326. The lowest BCUT2D eigenvalue weighted by Crippen LogP contribution is -2.33. The van der Waals surface area contributed by atoms with Crippen LogP contribution in [0.15, 0.2) is 18.2 Å². The molecule has 1 aromatic rings. The summed E-state index contributed by atoms with van der Waals surface area (Å²) in [5.41, 5.74) is 5.80. The number of halogens is 2. The van der Waals surface area contributed by atoms with Gasteiger partial charge in [0, 0.05) is 24.2 Å². The molecule has 1 atom stereocenters. The Balaban J connectivity index is 2.96. The van der Waals surface area contributed by atoms with Crippen molar-refractivity contribution in [3.05, 3.63) is 35.4 Å². The monoisotopic (exact) mass is 214 g/mol. The van der Waals surface area contributed by atoms with Crippen LogP contribution in [0, 0.1) is 11.6 Å². The third-order valence-corrected chi connectivity index (χ3v) is 2.13. The van der Waals surface area contributed by atoms with Crippen LogP contribution in [0.2, 0.25) is 0 Å².